The molecule has 0 radical (unpaired) electrons. The van der Waals surface area contributed by atoms with Crippen LogP contribution in [0.3, 0.4) is 0 Å². The number of nitrogens with two attached hydrogens (primary N) is 1. The fourth-order valence-electron chi connectivity index (χ4n) is 3.03. The summed E-state index contributed by atoms with van der Waals surface area (Å²) in [5, 5.41) is 16.9. The third-order valence-electron chi connectivity index (χ3n) is 4.39. The van der Waals surface area contributed by atoms with Crippen molar-refractivity contribution in [2.75, 3.05) is 0 Å². The summed E-state index contributed by atoms with van der Waals surface area (Å²) in [7, 11) is -3.86. The Morgan fingerprint density at radius 3 is 2.57 bits per heavy atom. The third-order valence-corrected chi connectivity index (χ3v) is 5.64. The molecule has 0 heterocycles. The van der Waals surface area contributed by atoms with Crippen LogP contribution in [0.25, 0.3) is 0 Å². The molecule has 0 fully saturated rings. The number of nitro groups is 1. The van der Waals surface area contributed by atoms with Crippen LogP contribution >= 0.6 is 11.6 Å². The van der Waals surface area contributed by atoms with Crippen LogP contribution in [0.4, 0.5) is 5.69 Å². The van der Waals surface area contributed by atoms with Gasteiger partial charge in [-0.3, -0.25) is 10.1 Å². The average molecular weight is 357 g/mol. The minimum absolute atomic E-state index is 0.0641. The minimum Gasteiger partial charge on any atom is -0.258 e. The van der Waals surface area contributed by atoms with E-state index in [-0.39, 0.29) is 22.0 Å². The van der Waals surface area contributed by atoms with Gasteiger partial charge in [0.2, 0.25) is 10.0 Å². The molecule has 23 heavy (non-hydrogen) atoms. The molecule has 0 saturated heterocycles. The Kier molecular flexibility index (Phi) is 4.66. The molecule has 0 bridgehead atoms. The van der Waals surface area contributed by atoms with Gasteiger partial charge in [0.15, 0.2) is 0 Å². The summed E-state index contributed by atoms with van der Waals surface area (Å²) in [4.78, 5) is 11.0. The topological polar surface area (TPSA) is 103 Å². The van der Waals surface area contributed by atoms with E-state index in [9.17, 15) is 18.5 Å². The first-order valence-corrected chi connectivity index (χ1v) is 8.89. The second-order valence-electron chi connectivity index (χ2n) is 5.56. The number of benzene rings is 1. The number of halogens is 1. The molecule has 8 heteroatoms. The van der Waals surface area contributed by atoms with Gasteiger partial charge in [0.05, 0.1) is 9.83 Å². The summed E-state index contributed by atoms with van der Waals surface area (Å²) < 4.78 is 23.5. The Morgan fingerprint density at radius 2 is 2.04 bits per heavy atom. The van der Waals surface area contributed by atoms with E-state index >= 15 is 0 Å². The van der Waals surface area contributed by atoms with Crippen molar-refractivity contribution in [2.24, 2.45) is 5.14 Å². The molecule has 0 aliphatic heterocycles. The highest BCUT2D eigenvalue weighted by atomic mass is 35.5. The first-order valence-electron chi connectivity index (χ1n) is 6.97. The lowest BCUT2D eigenvalue weighted by Crippen LogP contribution is -2.33. The fourth-order valence-corrected chi connectivity index (χ4v) is 3.90. The van der Waals surface area contributed by atoms with Crippen molar-refractivity contribution in [2.45, 2.75) is 32.1 Å². The lowest BCUT2D eigenvalue weighted by Gasteiger charge is -2.36. The number of hydrogen-bond acceptors (Lipinski definition) is 4. The summed E-state index contributed by atoms with van der Waals surface area (Å²) in [5.41, 5.74) is 0.363. The third kappa shape index (κ3) is 3.17. The summed E-state index contributed by atoms with van der Waals surface area (Å²) in [6.45, 7) is 3.69. The molecule has 0 amide bonds. The first-order chi connectivity index (χ1) is 10.6. The maximum Gasteiger partial charge on any atom is 0.274 e. The predicted molar refractivity (Wildman–Crippen MR) is 89.6 cm³/mol. The number of sulfonamides is 1. The van der Waals surface area contributed by atoms with Crippen LogP contribution < -0.4 is 5.14 Å². The van der Waals surface area contributed by atoms with E-state index in [0.29, 0.717) is 12.0 Å². The van der Waals surface area contributed by atoms with Gasteiger partial charge in [-0.05, 0) is 38.0 Å². The molecule has 2 rings (SSSR count). The van der Waals surface area contributed by atoms with Gasteiger partial charge >= 0.3 is 0 Å². The van der Waals surface area contributed by atoms with E-state index in [1.54, 1.807) is 18.2 Å². The number of nitrogens with zero attached hydrogens (tertiary/aromatic N) is 1. The highest BCUT2D eigenvalue weighted by Gasteiger charge is 2.41. The van der Waals surface area contributed by atoms with Gasteiger partial charge in [-0.15, -0.1) is 0 Å². The molecule has 0 aromatic heterocycles. The quantitative estimate of drug-likeness (QED) is 0.659. The normalized spacial score (nSPS) is 21.6. The zero-order valence-corrected chi connectivity index (χ0v) is 14.3. The Balaban J connectivity index is 2.71. The highest BCUT2D eigenvalue weighted by molar-refractivity contribution is 7.93. The van der Waals surface area contributed by atoms with Crippen LogP contribution in [0.1, 0.15) is 32.3 Å². The van der Waals surface area contributed by atoms with Crippen LogP contribution in [0.15, 0.2) is 40.8 Å². The van der Waals surface area contributed by atoms with Gasteiger partial charge < -0.3 is 0 Å². The first kappa shape index (κ1) is 17.7. The monoisotopic (exact) mass is 356 g/mol. The molecule has 1 atom stereocenters. The van der Waals surface area contributed by atoms with Gasteiger partial charge in [0, 0.05) is 22.1 Å². The maximum absolute atomic E-state index is 11.7. The molecule has 6 nitrogen and oxygen atoms in total. The number of allylic oxidation sites excluding steroid dienone is 4. The maximum atomic E-state index is 11.7. The predicted octanol–water partition coefficient (Wildman–Crippen LogP) is 3.42. The standard InChI is InChI=1S/C15H17ClN2O4S/c1-3-15(9-12(23(17,21)22)6-4-10(15)2)13-7-5-11(16)8-14(13)18(19)20/h4-8H,3,9H2,1-2H3,(H2,17,21,22). The lowest BCUT2D eigenvalue weighted by atomic mass is 9.68. The van der Waals surface area contributed by atoms with E-state index in [1.807, 2.05) is 13.8 Å². The average Bonchev–Trinajstić information content (AvgIpc) is 2.47. The zero-order chi connectivity index (χ0) is 17.4. The summed E-state index contributed by atoms with van der Waals surface area (Å²) >= 11 is 5.88. The van der Waals surface area contributed by atoms with Gasteiger partial charge in [0.1, 0.15) is 0 Å². The Morgan fingerprint density at radius 1 is 1.39 bits per heavy atom. The van der Waals surface area contributed by atoms with E-state index in [4.69, 9.17) is 16.7 Å². The Hall–Kier alpha value is -1.70. The molecular weight excluding hydrogens is 340 g/mol. The van der Waals surface area contributed by atoms with Crippen molar-refractivity contribution in [1.82, 2.24) is 0 Å². The van der Waals surface area contributed by atoms with Gasteiger partial charge in [-0.25, -0.2) is 13.6 Å². The summed E-state index contributed by atoms with van der Waals surface area (Å²) in [6, 6.07) is 4.45. The van der Waals surface area contributed by atoms with Gasteiger partial charge in [0.25, 0.3) is 5.69 Å². The van der Waals surface area contributed by atoms with Crippen LogP contribution in [-0.4, -0.2) is 13.3 Å². The summed E-state index contributed by atoms with van der Waals surface area (Å²) in [5.74, 6) is 0. The van der Waals surface area contributed by atoms with Gasteiger partial charge in [-0.2, -0.15) is 0 Å². The van der Waals surface area contributed by atoms with E-state index < -0.39 is 20.4 Å². The number of rotatable bonds is 4. The number of primary sulfonamides is 1. The smallest absolute Gasteiger partial charge is 0.258 e. The molecule has 0 saturated carbocycles. The fraction of sp³-hybridized carbons (Fsp3) is 0.333. The van der Waals surface area contributed by atoms with E-state index in [0.717, 1.165) is 5.57 Å². The second kappa shape index (κ2) is 6.07. The van der Waals surface area contributed by atoms with Crippen LogP contribution in [0.2, 0.25) is 5.02 Å². The SMILES string of the molecule is CCC1(c2ccc(Cl)cc2[N+](=O)[O-])CC(S(N)(=O)=O)=CC=C1C. The number of nitro benzene ring substituents is 1. The molecule has 124 valence electrons. The van der Waals surface area contributed by atoms with Crippen molar-refractivity contribution < 1.29 is 13.3 Å². The molecule has 1 aliphatic rings. The molecular formula is C15H17ClN2O4S. The molecule has 1 aliphatic carbocycles. The van der Waals surface area contributed by atoms with Gasteiger partial charge in [-0.1, -0.05) is 30.2 Å². The van der Waals surface area contributed by atoms with Crippen molar-refractivity contribution in [1.29, 1.82) is 0 Å². The summed E-state index contributed by atoms with van der Waals surface area (Å²) in [6.07, 6.45) is 3.70. The van der Waals surface area contributed by atoms with E-state index in [1.165, 1.54) is 12.1 Å². The van der Waals surface area contributed by atoms with Crippen molar-refractivity contribution in [3.63, 3.8) is 0 Å². The molecule has 1 unspecified atom stereocenters. The van der Waals surface area contributed by atoms with Crippen LogP contribution in [-0.2, 0) is 15.4 Å². The largest absolute Gasteiger partial charge is 0.274 e. The van der Waals surface area contributed by atoms with Crippen molar-refractivity contribution in [3.8, 4) is 0 Å². The molecule has 0 spiro atoms. The number of hydrogen-bond donors (Lipinski definition) is 1. The van der Waals surface area contributed by atoms with Crippen LogP contribution in [0, 0.1) is 10.1 Å². The minimum atomic E-state index is -3.86. The Bertz CT molecular complexity index is 830. The highest BCUT2D eigenvalue weighted by Crippen LogP contribution is 2.47. The lowest BCUT2D eigenvalue weighted by molar-refractivity contribution is -0.386. The molecule has 1 aromatic carbocycles. The Labute approximate surface area is 139 Å². The van der Waals surface area contributed by atoms with Crippen LogP contribution in [0.5, 0.6) is 0 Å². The van der Waals surface area contributed by atoms with Crippen molar-refractivity contribution >= 4 is 27.3 Å². The molecule has 2 N–H and O–H groups in total. The molecule has 1 aromatic rings. The zero-order valence-electron chi connectivity index (χ0n) is 12.7. The van der Waals surface area contributed by atoms with E-state index in [2.05, 4.69) is 0 Å². The van der Waals surface area contributed by atoms with Crippen molar-refractivity contribution in [3.05, 3.63) is 61.5 Å². The second-order valence-corrected chi connectivity index (χ2v) is 7.61.